The summed E-state index contributed by atoms with van der Waals surface area (Å²) in [6.45, 7) is 5.73. The van der Waals surface area contributed by atoms with Gasteiger partial charge in [0, 0.05) is 26.7 Å². The van der Waals surface area contributed by atoms with Gasteiger partial charge in [0.2, 0.25) is 17.7 Å². The van der Waals surface area contributed by atoms with Crippen molar-refractivity contribution >= 4 is 17.7 Å². The molecular weight excluding hydrogens is 270 g/mol. The third kappa shape index (κ3) is 3.36. The molecule has 0 spiro atoms. The second-order valence-corrected chi connectivity index (χ2v) is 6.42. The van der Waals surface area contributed by atoms with Crippen LogP contribution in [0.25, 0.3) is 0 Å². The SMILES string of the molecule is CC(C)C[C@@H]1C(=O)NCCN1C(=O)[C@H]1CCCN(C)C1=O. The topological polar surface area (TPSA) is 69.7 Å². The second kappa shape index (κ2) is 6.45. The lowest BCUT2D eigenvalue weighted by molar-refractivity contribution is -0.154. The summed E-state index contributed by atoms with van der Waals surface area (Å²) in [4.78, 5) is 40.3. The lowest BCUT2D eigenvalue weighted by Gasteiger charge is -2.39. The van der Waals surface area contributed by atoms with Gasteiger partial charge in [0.1, 0.15) is 12.0 Å². The van der Waals surface area contributed by atoms with E-state index in [0.717, 1.165) is 6.42 Å². The molecule has 2 aliphatic heterocycles. The number of amides is 3. The summed E-state index contributed by atoms with van der Waals surface area (Å²) >= 11 is 0. The summed E-state index contributed by atoms with van der Waals surface area (Å²) in [7, 11) is 1.73. The summed E-state index contributed by atoms with van der Waals surface area (Å²) in [6, 6.07) is -0.439. The zero-order valence-electron chi connectivity index (χ0n) is 13.1. The Morgan fingerprint density at radius 3 is 2.71 bits per heavy atom. The van der Waals surface area contributed by atoms with Gasteiger partial charge < -0.3 is 15.1 Å². The van der Waals surface area contributed by atoms with E-state index in [1.807, 2.05) is 13.8 Å². The van der Waals surface area contributed by atoms with Crippen molar-refractivity contribution in [2.24, 2.45) is 11.8 Å². The van der Waals surface area contributed by atoms with Crippen LogP contribution in [0.1, 0.15) is 33.1 Å². The van der Waals surface area contributed by atoms with Crippen LogP contribution in [0.5, 0.6) is 0 Å². The predicted octanol–water partition coefficient (Wildman–Crippen LogP) is 0.228. The van der Waals surface area contributed by atoms with E-state index in [9.17, 15) is 14.4 Å². The Kier molecular flexibility index (Phi) is 4.85. The van der Waals surface area contributed by atoms with Gasteiger partial charge >= 0.3 is 0 Å². The molecule has 2 heterocycles. The van der Waals surface area contributed by atoms with Crippen LogP contribution in [0.4, 0.5) is 0 Å². The molecule has 2 atom stereocenters. The molecule has 6 heteroatoms. The van der Waals surface area contributed by atoms with E-state index in [1.54, 1.807) is 16.8 Å². The van der Waals surface area contributed by atoms with Crippen LogP contribution < -0.4 is 5.32 Å². The first kappa shape index (κ1) is 15.8. The number of carbonyl (C=O) groups is 3. The van der Waals surface area contributed by atoms with E-state index in [0.29, 0.717) is 38.4 Å². The molecule has 2 fully saturated rings. The Balaban J connectivity index is 2.14. The molecule has 118 valence electrons. The maximum Gasteiger partial charge on any atom is 0.242 e. The number of likely N-dealkylation sites (tertiary alicyclic amines) is 1. The molecule has 0 aromatic rings. The molecule has 0 radical (unpaired) electrons. The van der Waals surface area contributed by atoms with E-state index in [4.69, 9.17) is 0 Å². The van der Waals surface area contributed by atoms with Crippen LogP contribution in [0.3, 0.4) is 0 Å². The van der Waals surface area contributed by atoms with Gasteiger partial charge in [-0.25, -0.2) is 0 Å². The molecule has 0 saturated carbocycles. The van der Waals surface area contributed by atoms with Crippen molar-refractivity contribution in [3.05, 3.63) is 0 Å². The number of carbonyl (C=O) groups excluding carboxylic acids is 3. The quantitative estimate of drug-likeness (QED) is 0.758. The van der Waals surface area contributed by atoms with Crippen LogP contribution >= 0.6 is 0 Å². The van der Waals surface area contributed by atoms with Gasteiger partial charge in [0.15, 0.2) is 0 Å². The number of hydrogen-bond acceptors (Lipinski definition) is 3. The van der Waals surface area contributed by atoms with Crippen molar-refractivity contribution in [3.63, 3.8) is 0 Å². The molecule has 0 aromatic heterocycles. The molecule has 0 unspecified atom stereocenters. The largest absolute Gasteiger partial charge is 0.353 e. The highest BCUT2D eigenvalue weighted by molar-refractivity contribution is 6.02. The smallest absolute Gasteiger partial charge is 0.242 e. The summed E-state index contributed by atoms with van der Waals surface area (Å²) in [5, 5.41) is 2.82. The Morgan fingerprint density at radius 2 is 2.05 bits per heavy atom. The standard InChI is InChI=1S/C15H25N3O3/c1-10(2)9-12-13(19)16-6-8-18(12)15(21)11-5-4-7-17(3)14(11)20/h10-12H,4-9H2,1-3H3,(H,16,19)/t11-,12+/m0/s1. The van der Waals surface area contributed by atoms with Crippen molar-refractivity contribution in [1.29, 1.82) is 0 Å². The second-order valence-electron chi connectivity index (χ2n) is 6.42. The van der Waals surface area contributed by atoms with Gasteiger partial charge in [0.05, 0.1) is 0 Å². The average molecular weight is 295 g/mol. The third-order valence-corrected chi connectivity index (χ3v) is 4.27. The molecule has 0 aromatic carbocycles. The molecular formula is C15H25N3O3. The van der Waals surface area contributed by atoms with E-state index >= 15 is 0 Å². The molecule has 0 bridgehead atoms. The summed E-state index contributed by atoms with van der Waals surface area (Å²) in [5.74, 6) is -0.671. The first-order valence-corrected chi connectivity index (χ1v) is 7.75. The fraction of sp³-hybridized carbons (Fsp3) is 0.800. The zero-order chi connectivity index (χ0) is 15.6. The Morgan fingerprint density at radius 1 is 1.33 bits per heavy atom. The number of piperidine rings is 1. The van der Waals surface area contributed by atoms with Crippen LogP contribution in [-0.2, 0) is 14.4 Å². The van der Waals surface area contributed by atoms with Gasteiger partial charge in [-0.1, -0.05) is 13.8 Å². The number of rotatable bonds is 3. The molecule has 2 saturated heterocycles. The minimum absolute atomic E-state index is 0.0973. The lowest BCUT2D eigenvalue weighted by Crippen LogP contribution is -2.60. The van der Waals surface area contributed by atoms with Gasteiger partial charge in [0.25, 0.3) is 0 Å². The summed E-state index contributed by atoms with van der Waals surface area (Å²) in [5.41, 5.74) is 0. The van der Waals surface area contributed by atoms with E-state index in [2.05, 4.69) is 5.32 Å². The van der Waals surface area contributed by atoms with Gasteiger partial charge in [-0.05, 0) is 25.2 Å². The summed E-state index contributed by atoms with van der Waals surface area (Å²) in [6.07, 6.45) is 2.07. The van der Waals surface area contributed by atoms with E-state index in [1.165, 1.54) is 0 Å². The van der Waals surface area contributed by atoms with Crippen molar-refractivity contribution < 1.29 is 14.4 Å². The fourth-order valence-electron chi connectivity index (χ4n) is 3.12. The van der Waals surface area contributed by atoms with Crippen molar-refractivity contribution in [2.45, 2.75) is 39.2 Å². The highest BCUT2D eigenvalue weighted by Gasteiger charge is 2.40. The van der Waals surface area contributed by atoms with Crippen LogP contribution in [0.15, 0.2) is 0 Å². The number of nitrogens with zero attached hydrogens (tertiary/aromatic N) is 2. The number of nitrogens with one attached hydrogen (secondary N) is 1. The minimum atomic E-state index is -0.607. The van der Waals surface area contributed by atoms with Gasteiger partial charge in [-0.3, -0.25) is 14.4 Å². The normalized spacial score (nSPS) is 27.0. The van der Waals surface area contributed by atoms with Crippen molar-refractivity contribution in [2.75, 3.05) is 26.7 Å². The fourth-order valence-corrected chi connectivity index (χ4v) is 3.12. The third-order valence-electron chi connectivity index (χ3n) is 4.27. The summed E-state index contributed by atoms with van der Waals surface area (Å²) < 4.78 is 0. The van der Waals surface area contributed by atoms with Crippen molar-refractivity contribution in [1.82, 2.24) is 15.1 Å². The average Bonchev–Trinajstić information content (AvgIpc) is 2.43. The minimum Gasteiger partial charge on any atom is -0.353 e. The highest BCUT2D eigenvalue weighted by Crippen LogP contribution is 2.23. The first-order chi connectivity index (χ1) is 9.91. The monoisotopic (exact) mass is 295 g/mol. The highest BCUT2D eigenvalue weighted by atomic mass is 16.2. The Hall–Kier alpha value is -1.59. The maximum atomic E-state index is 12.7. The maximum absolute atomic E-state index is 12.7. The van der Waals surface area contributed by atoms with E-state index in [-0.39, 0.29) is 17.7 Å². The van der Waals surface area contributed by atoms with E-state index < -0.39 is 12.0 Å². The Labute approximate surface area is 125 Å². The van der Waals surface area contributed by atoms with Gasteiger partial charge in [-0.15, -0.1) is 0 Å². The molecule has 21 heavy (non-hydrogen) atoms. The van der Waals surface area contributed by atoms with Crippen molar-refractivity contribution in [3.8, 4) is 0 Å². The molecule has 6 nitrogen and oxygen atoms in total. The molecule has 1 N–H and O–H groups in total. The van der Waals surface area contributed by atoms with Crippen LogP contribution in [0, 0.1) is 11.8 Å². The zero-order valence-corrected chi connectivity index (χ0v) is 13.1. The first-order valence-electron chi connectivity index (χ1n) is 7.75. The molecule has 2 rings (SSSR count). The Bertz CT molecular complexity index is 436. The molecule has 3 amide bonds. The predicted molar refractivity (Wildman–Crippen MR) is 78.3 cm³/mol. The number of piperazine rings is 1. The van der Waals surface area contributed by atoms with Crippen LogP contribution in [-0.4, -0.2) is 60.2 Å². The number of hydrogen-bond donors (Lipinski definition) is 1. The molecule has 2 aliphatic rings. The van der Waals surface area contributed by atoms with Gasteiger partial charge in [-0.2, -0.15) is 0 Å². The van der Waals surface area contributed by atoms with Crippen LogP contribution in [0.2, 0.25) is 0 Å². The lowest BCUT2D eigenvalue weighted by atomic mass is 9.93. The molecule has 0 aliphatic carbocycles.